The zero-order chi connectivity index (χ0) is 18.7. The summed E-state index contributed by atoms with van der Waals surface area (Å²) in [5.74, 6) is 0.277. The molecule has 0 atom stereocenters. The molecule has 0 aliphatic heterocycles. The molecule has 1 N–H and O–H groups in total. The summed E-state index contributed by atoms with van der Waals surface area (Å²) in [6, 6.07) is 6.16. The standard InChI is InChI=1S/C18H20FN5O2/c1-18(2,3)17-22-16(26-23-17)8-7-15(25)21-12-5-6-14(13(19)11-12)24-10-4-9-20-24/h4-6,9-11H,7-8H2,1-3H3,(H,21,25). The van der Waals surface area contributed by atoms with Crippen LogP contribution in [0.1, 0.15) is 38.9 Å². The van der Waals surface area contributed by atoms with Crippen molar-refractivity contribution in [3.05, 3.63) is 54.2 Å². The third-order valence-corrected chi connectivity index (χ3v) is 3.69. The summed E-state index contributed by atoms with van der Waals surface area (Å²) in [5, 5.41) is 10.6. The molecule has 0 saturated carbocycles. The van der Waals surface area contributed by atoms with Crippen molar-refractivity contribution in [2.75, 3.05) is 5.32 Å². The largest absolute Gasteiger partial charge is 0.339 e. The fourth-order valence-electron chi connectivity index (χ4n) is 2.29. The minimum absolute atomic E-state index is 0.161. The molecule has 0 saturated heterocycles. The predicted molar refractivity (Wildman–Crippen MR) is 93.5 cm³/mol. The zero-order valence-electron chi connectivity index (χ0n) is 14.9. The SMILES string of the molecule is CC(C)(C)c1noc(CCC(=O)Nc2ccc(-n3cccn3)c(F)c2)n1. The van der Waals surface area contributed by atoms with Crippen molar-refractivity contribution in [3.63, 3.8) is 0 Å². The molecule has 0 spiro atoms. The average Bonchev–Trinajstić information content (AvgIpc) is 3.24. The highest BCUT2D eigenvalue weighted by molar-refractivity contribution is 5.90. The number of benzene rings is 1. The fraction of sp³-hybridized carbons (Fsp3) is 0.333. The summed E-state index contributed by atoms with van der Waals surface area (Å²) in [6.07, 6.45) is 3.70. The molecule has 136 valence electrons. The zero-order valence-corrected chi connectivity index (χ0v) is 14.9. The van der Waals surface area contributed by atoms with Gasteiger partial charge < -0.3 is 9.84 Å². The van der Waals surface area contributed by atoms with Crippen molar-refractivity contribution in [1.29, 1.82) is 0 Å². The molecule has 8 heteroatoms. The highest BCUT2D eigenvalue weighted by Crippen LogP contribution is 2.20. The van der Waals surface area contributed by atoms with Gasteiger partial charge in [-0.2, -0.15) is 10.1 Å². The number of anilines is 1. The first-order valence-corrected chi connectivity index (χ1v) is 8.25. The van der Waals surface area contributed by atoms with Gasteiger partial charge in [-0.1, -0.05) is 25.9 Å². The Bertz CT molecular complexity index is 897. The van der Waals surface area contributed by atoms with Gasteiger partial charge in [0.05, 0.1) is 0 Å². The lowest BCUT2D eigenvalue weighted by Crippen LogP contribution is -2.14. The summed E-state index contributed by atoms with van der Waals surface area (Å²) in [5.41, 5.74) is 0.482. The van der Waals surface area contributed by atoms with Crippen LogP contribution in [0.3, 0.4) is 0 Å². The smallest absolute Gasteiger partial charge is 0.227 e. The Morgan fingerprint density at radius 2 is 2.15 bits per heavy atom. The van der Waals surface area contributed by atoms with Crippen LogP contribution >= 0.6 is 0 Å². The lowest BCUT2D eigenvalue weighted by molar-refractivity contribution is -0.116. The van der Waals surface area contributed by atoms with E-state index in [0.29, 0.717) is 29.5 Å². The highest BCUT2D eigenvalue weighted by atomic mass is 19.1. The lowest BCUT2D eigenvalue weighted by atomic mass is 9.96. The number of hydrogen-bond acceptors (Lipinski definition) is 5. The van der Waals surface area contributed by atoms with E-state index in [2.05, 4.69) is 20.6 Å². The van der Waals surface area contributed by atoms with Gasteiger partial charge in [0.25, 0.3) is 0 Å². The van der Waals surface area contributed by atoms with E-state index in [0.717, 1.165) is 0 Å². The van der Waals surface area contributed by atoms with Crippen LogP contribution in [0.4, 0.5) is 10.1 Å². The van der Waals surface area contributed by atoms with Gasteiger partial charge in [0.1, 0.15) is 5.69 Å². The number of aromatic nitrogens is 4. The summed E-state index contributed by atoms with van der Waals surface area (Å²) >= 11 is 0. The molecule has 0 unspecified atom stereocenters. The maximum atomic E-state index is 14.2. The van der Waals surface area contributed by atoms with Gasteiger partial charge in [-0.25, -0.2) is 9.07 Å². The number of aryl methyl sites for hydroxylation is 1. The van der Waals surface area contributed by atoms with Crippen LogP contribution in [0.15, 0.2) is 41.2 Å². The minimum Gasteiger partial charge on any atom is -0.339 e. The van der Waals surface area contributed by atoms with Crippen LogP contribution in [0.25, 0.3) is 5.69 Å². The van der Waals surface area contributed by atoms with Crippen molar-refractivity contribution in [3.8, 4) is 5.69 Å². The summed E-state index contributed by atoms with van der Waals surface area (Å²) < 4.78 is 20.8. The van der Waals surface area contributed by atoms with Crippen molar-refractivity contribution >= 4 is 11.6 Å². The molecule has 0 fully saturated rings. The molecule has 1 aromatic carbocycles. The van der Waals surface area contributed by atoms with Crippen LogP contribution in [0.2, 0.25) is 0 Å². The van der Waals surface area contributed by atoms with Gasteiger partial charge in [-0.15, -0.1) is 0 Å². The molecule has 1 amide bonds. The molecular formula is C18H20FN5O2. The van der Waals surface area contributed by atoms with Crippen molar-refractivity contribution < 1.29 is 13.7 Å². The monoisotopic (exact) mass is 357 g/mol. The number of carbonyl (C=O) groups is 1. The third-order valence-electron chi connectivity index (χ3n) is 3.69. The molecule has 0 radical (unpaired) electrons. The Morgan fingerprint density at radius 3 is 2.77 bits per heavy atom. The predicted octanol–water partition coefficient (Wildman–Crippen LogP) is 3.26. The van der Waals surface area contributed by atoms with Gasteiger partial charge in [0, 0.05) is 36.3 Å². The molecule has 0 aliphatic carbocycles. The number of nitrogens with zero attached hydrogens (tertiary/aromatic N) is 4. The first-order chi connectivity index (χ1) is 12.3. The topological polar surface area (TPSA) is 85.8 Å². The molecule has 2 heterocycles. The maximum Gasteiger partial charge on any atom is 0.227 e. The Kier molecular flexibility index (Phi) is 4.83. The number of amides is 1. The van der Waals surface area contributed by atoms with Crippen molar-refractivity contribution in [1.82, 2.24) is 19.9 Å². The summed E-state index contributed by atoms with van der Waals surface area (Å²) in [6.45, 7) is 5.95. The lowest BCUT2D eigenvalue weighted by Gasteiger charge is -2.10. The average molecular weight is 357 g/mol. The van der Waals surface area contributed by atoms with E-state index in [4.69, 9.17) is 4.52 Å². The number of carbonyl (C=O) groups excluding carboxylic acids is 1. The van der Waals surface area contributed by atoms with Crippen LogP contribution in [0, 0.1) is 5.82 Å². The molecule has 3 rings (SSSR count). The summed E-state index contributed by atoms with van der Waals surface area (Å²) in [7, 11) is 0. The van der Waals surface area contributed by atoms with Gasteiger partial charge in [-0.3, -0.25) is 4.79 Å². The molecule has 3 aromatic rings. The Labute approximate surface area is 150 Å². The maximum absolute atomic E-state index is 14.2. The molecule has 2 aromatic heterocycles. The summed E-state index contributed by atoms with van der Waals surface area (Å²) in [4.78, 5) is 16.4. The normalized spacial score (nSPS) is 11.5. The van der Waals surface area contributed by atoms with E-state index in [9.17, 15) is 9.18 Å². The van der Waals surface area contributed by atoms with Gasteiger partial charge >= 0.3 is 0 Å². The first kappa shape index (κ1) is 17.8. The number of hydrogen-bond donors (Lipinski definition) is 1. The van der Waals surface area contributed by atoms with Crippen molar-refractivity contribution in [2.45, 2.75) is 39.0 Å². The fourth-order valence-corrected chi connectivity index (χ4v) is 2.29. The van der Waals surface area contributed by atoms with E-state index in [1.165, 1.54) is 10.7 Å². The van der Waals surface area contributed by atoms with Gasteiger partial charge in [0.2, 0.25) is 11.8 Å². The minimum atomic E-state index is -0.474. The van der Waals surface area contributed by atoms with E-state index in [-0.39, 0.29) is 17.7 Å². The Hall–Kier alpha value is -3.03. The van der Waals surface area contributed by atoms with Crippen LogP contribution in [0.5, 0.6) is 0 Å². The number of halogens is 1. The van der Waals surface area contributed by atoms with Crippen LogP contribution in [-0.4, -0.2) is 25.8 Å². The van der Waals surface area contributed by atoms with E-state index >= 15 is 0 Å². The first-order valence-electron chi connectivity index (χ1n) is 8.25. The Balaban J connectivity index is 1.58. The quantitative estimate of drug-likeness (QED) is 0.757. The van der Waals surface area contributed by atoms with Crippen molar-refractivity contribution in [2.24, 2.45) is 0 Å². The molecule has 0 bridgehead atoms. The highest BCUT2D eigenvalue weighted by Gasteiger charge is 2.21. The van der Waals surface area contributed by atoms with Gasteiger partial charge in [-0.05, 0) is 24.3 Å². The van der Waals surface area contributed by atoms with E-state index in [1.807, 2.05) is 20.8 Å². The second-order valence-corrected chi connectivity index (χ2v) is 6.93. The van der Waals surface area contributed by atoms with E-state index in [1.54, 1.807) is 30.6 Å². The van der Waals surface area contributed by atoms with Crippen LogP contribution < -0.4 is 5.32 Å². The second-order valence-electron chi connectivity index (χ2n) is 6.93. The number of rotatable bonds is 5. The second kappa shape index (κ2) is 7.07. The molecule has 7 nitrogen and oxygen atoms in total. The van der Waals surface area contributed by atoms with Gasteiger partial charge in [0.15, 0.2) is 11.6 Å². The molecule has 26 heavy (non-hydrogen) atoms. The molecule has 0 aliphatic rings. The van der Waals surface area contributed by atoms with E-state index < -0.39 is 5.82 Å². The molecular weight excluding hydrogens is 337 g/mol. The third kappa shape index (κ3) is 4.14. The number of nitrogens with one attached hydrogen (secondary N) is 1. The van der Waals surface area contributed by atoms with Crippen LogP contribution in [-0.2, 0) is 16.6 Å². The Morgan fingerprint density at radius 1 is 1.35 bits per heavy atom.